The predicted molar refractivity (Wildman–Crippen MR) is 82.3 cm³/mol. The van der Waals surface area contributed by atoms with Crippen molar-refractivity contribution in [2.75, 3.05) is 13.2 Å². The molecule has 47 heavy (non-hydrogen) atoms. The van der Waals surface area contributed by atoms with E-state index in [0.717, 1.165) is 0 Å². The highest BCUT2D eigenvalue weighted by Gasteiger charge is 2.97. The van der Waals surface area contributed by atoms with E-state index in [1.54, 1.807) is 0 Å². The quantitative estimate of drug-likeness (QED) is 0.179. The Morgan fingerprint density at radius 1 is 0.234 bits per heavy atom. The Balaban J connectivity index is 6.72. The Kier molecular flexibility index (Phi) is 10.7. The van der Waals surface area contributed by atoms with Crippen LogP contribution in [0, 0.1) is 0 Å². The van der Waals surface area contributed by atoms with Crippen molar-refractivity contribution in [1.82, 2.24) is 0 Å². The molecule has 0 aromatic rings. The van der Waals surface area contributed by atoms with E-state index in [0.29, 0.717) is 0 Å². The Bertz CT molecular complexity index is 983. The molecule has 0 aromatic carbocycles. The van der Waals surface area contributed by atoms with Crippen molar-refractivity contribution in [3.8, 4) is 0 Å². The van der Waals surface area contributed by atoms with Crippen LogP contribution >= 0.6 is 0 Å². The summed E-state index contributed by atoms with van der Waals surface area (Å²) in [6.07, 6.45) is -33.8. The lowest BCUT2D eigenvalue weighted by Crippen LogP contribution is -2.76. The molecule has 0 bridgehead atoms. The third-order valence-electron chi connectivity index (χ3n) is 5.49. The minimum absolute atomic E-state index is 2.30. The summed E-state index contributed by atoms with van der Waals surface area (Å²) in [5.74, 6) is -69.2. The first-order valence-corrected chi connectivity index (χ1v) is 9.95. The summed E-state index contributed by atoms with van der Waals surface area (Å²) in [5.41, 5.74) is -17.8. The van der Waals surface area contributed by atoms with Crippen molar-refractivity contribution in [3.05, 3.63) is 0 Å². The Morgan fingerprint density at radius 2 is 0.404 bits per heavy atom. The molecular weight excluding hydrogens is 778 g/mol. The molecule has 0 heterocycles. The molecular formula is C16H4F30O. The Morgan fingerprint density at radius 3 is 0.553 bits per heavy atom. The summed E-state index contributed by atoms with van der Waals surface area (Å²) < 4.78 is 394. The molecule has 0 rings (SSSR count). The van der Waals surface area contributed by atoms with Crippen molar-refractivity contribution in [3.63, 3.8) is 0 Å². The second-order valence-electron chi connectivity index (χ2n) is 8.66. The van der Waals surface area contributed by atoms with Gasteiger partial charge < -0.3 is 4.74 Å². The lowest BCUT2D eigenvalue weighted by Gasteiger charge is -2.43. The zero-order valence-corrected chi connectivity index (χ0v) is 20.2. The molecule has 0 saturated carbocycles. The van der Waals surface area contributed by atoms with Crippen LogP contribution in [0.5, 0.6) is 0 Å². The minimum Gasteiger partial charge on any atom is -0.368 e. The van der Waals surface area contributed by atoms with Gasteiger partial charge in [-0.25, -0.2) is 8.78 Å². The molecule has 31 heteroatoms. The van der Waals surface area contributed by atoms with Gasteiger partial charge in [0.15, 0.2) is 0 Å². The first-order chi connectivity index (χ1) is 19.7. The van der Waals surface area contributed by atoms with Gasteiger partial charge in [0.25, 0.3) is 0 Å². The van der Waals surface area contributed by atoms with Crippen LogP contribution in [0.15, 0.2) is 0 Å². The van der Waals surface area contributed by atoms with E-state index < -0.39 is 96.6 Å². The molecule has 0 amide bonds. The number of rotatable bonds is 12. The smallest absolute Gasteiger partial charge is 0.368 e. The van der Waals surface area contributed by atoms with Gasteiger partial charge in [-0.3, -0.25) is 0 Å². The van der Waals surface area contributed by atoms with E-state index in [2.05, 4.69) is 4.74 Å². The van der Waals surface area contributed by atoms with Crippen LogP contribution in [0.3, 0.4) is 0 Å². The normalized spacial score (nSPS) is 17.0. The van der Waals surface area contributed by atoms with Gasteiger partial charge in [-0.2, -0.15) is 123 Å². The maximum absolute atomic E-state index is 13.6. The van der Waals surface area contributed by atoms with Gasteiger partial charge in [0.2, 0.25) is 0 Å². The predicted octanol–water partition coefficient (Wildman–Crippen LogP) is 9.75. The van der Waals surface area contributed by atoms with E-state index in [4.69, 9.17) is 0 Å². The lowest BCUT2D eigenvalue weighted by atomic mass is 9.85. The number of hydrogen-bond acceptors (Lipinski definition) is 1. The van der Waals surface area contributed by atoms with Crippen molar-refractivity contribution in [2.45, 2.75) is 83.4 Å². The van der Waals surface area contributed by atoms with Crippen LogP contribution < -0.4 is 0 Å². The van der Waals surface area contributed by atoms with Gasteiger partial charge in [0.1, 0.15) is 13.2 Å². The van der Waals surface area contributed by atoms with Gasteiger partial charge in [0.05, 0.1) is 0 Å². The fourth-order valence-corrected chi connectivity index (χ4v) is 2.81. The zero-order valence-electron chi connectivity index (χ0n) is 20.2. The summed E-state index contributed by atoms with van der Waals surface area (Å²) >= 11 is 0. The average molecular weight is 782 g/mol. The number of alkyl halides is 30. The fraction of sp³-hybridized carbons (Fsp3) is 1.00. The number of hydrogen-bond donors (Lipinski definition) is 0. The standard InChI is InChI=1S/C16H4F30O/c17-3(18,7(23,24)11(31,32)9(27,28)5(21,13(35,36)37)14(38,39)40)1-47-2-4(19,20)8(25,26)12(33,34)10(29,30)6(22,15(41,42)43)16(44,45)46/h1-2H2. The first kappa shape index (κ1) is 44.9. The van der Waals surface area contributed by atoms with E-state index in [-0.39, 0.29) is 0 Å². The molecule has 0 radical (unpaired) electrons. The summed E-state index contributed by atoms with van der Waals surface area (Å²) in [5, 5.41) is 0. The third-order valence-corrected chi connectivity index (χ3v) is 5.49. The van der Waals surface area contributed by atoms with Gasteiger partial charge in [0, 0.05) is 0 Å². The molecule has 284 valence electrons. The second kappa shape index (κ2) is 11.2. The molecule has 0 N–H and O–H groups in total. The van der Waals surface area contributed by atoms with E-state index in [9.17, 15) is 132 Å². The summed E-state index contributed by atoms with van der Waals surface area (Å²) in [7, 11) is 0. The maximum atomic E-state index is 13.6. The molecule has 0 aliphatic rings. The van der Waals surface area contributed by atoms with E-state index >= 15 is 0 Å². The minimum atomic E-state index is -9.12. The van der Waals surface area contributed by atoms with Crippen molar-refractivity contribution >= 4 is 0 Å². The highest BCUT2D eigenvalue weighted by molar-refractivity contribution is 5.18. The molecule has 1 nitrogen and oxygen atoms in total. The third kappa shape index (κ3) is 5.93. The molecule has 0 aliphatic carbocycles. The number of ether oxygens (including phenoxy) is 1. The van der Waals surface area contributed by atoms with Gasteiger partial charge in [-0.15, -0.1) is 0 Å². The van der Waals surface area contributed by atoms with E-state index in [1.807, 2.05) is 0 Å². The topological polar surface area (TPSA) is 9.23 Å². The van der Waals surface area contributed by atoms with Crippen LogP contribution in [0.25, 0.3) is 0 Å². The van der Waals surface area contributed by atoms with Crippen LogP contribution in [0.4, 0.5) is 132 Å². The first-order valence-electron chi connectivity index (χ1n) is 9.95. The summed E-state index contributed by atoms with van der Waals surface area (Å²) in [4.78, 5) is 0. The molecule has 0 aromatic heterocycles. The summed E-state index contributed by atoms with van der Waals surface area (Å²) in [6.45, 7) is -9.04. The average Bonchev–Trinajstić information content (AvgIpc) is 2.78. The van der Waals surface area contributed by atoms with Gasteiger partial charge in [-0.05, 0) is 0 Å². The SMILES string of the molecule is FC(F)(F)C(F)(C(F)(F)F)C(F)(F)C(F)(F)C(F)(F)C(F)(F)COCC(F)(F)C(F)(F)C(F)(F)C(F)(F)C(F)(C(F)(F)F)C(F)(F)F. The largest absolute Gasteiger partial charge is 0.438 e. The van der Waals surface area contributed by atoms with Gasteiger partial charge >= 0.3 is 83.4 Å². The highest BCUT2D eigenvalue weighted by Crippen LogP contribution is 2.65. The molecule has 0 spiro atoms. The van der Waals surface area contributed by atoms with Crippen LogP contribution in [-0.4, -0.2) is 96.6 Å². The van der Waals surface area contributed by atoms with Crippen molar-refractivity contribution < 1.29 is 136 Å². The van der Waals surface area contributed by atoms with E-state index in [1.165, 1.54) is 0 Å². The highest BCUT2D eigenvalue weighted by atomic mass is 19.5. The van der Waals surface area contributed by atoms with Crippen LogP contribution in [-0.2, 0) is 4.74 Å². The zero-order chi connectivity index (χ0) is 39.1. The summed E-state index contributed by atoms with van der Waals surface area (Å²) in [6, 6.07) is 0. The molecule has 0 fully saturated rings. The lowest BCUT2D eigenvalue weighted by molar-refractivity contribution is -0.460. The second-order valence-corrected chi connectivity index (χ2v) is 8.66. The van der Waals surface area contributed by atoms with Gasteiger partial charge in [-0.1, -0.05) is 0 Å². The molecule has 0 aliphatic heterocycles. The van der Waals surface area contributed by atoms with Crippen LogP contribution in [0.2, 0.25) is 0 Å². The van der Waals surface area contributed by atoms with Crippen LogP contribution in [0.1, 0.15) is 0 Å². The number of halogens is 30. The Labute approximate surface area is 234 Å². The molecule has 0 unspecified atom stereocenters. The van der Waals surface area contributed by atoms with Crippen molar-refractivity contribution in [1.29, 1.82) is 0 Å². The Hall–Kier alpha value is -2.14. The molecule has 0 saturated heterocycles. The van der Waals surface area contributed by atoms with Crippen molar-refractivity contribution in [2.24, 2.45) is 0 Å². The molecule has 0 atom stereocenters. The fourth-order valence-electron chi connectivity index (χ4n) is 2.81. The maximum Gasteiger partial charge on any atom is 0.438 e. The monoisotopic (exact) mass is 782 g/mol.